The van der Waals surface area contributed by atoms with E-state index >= 15 is 0 Å². The molecule has 0 fully saturated rings. The number of rotatable bonds is 4. The predicted octanol–water partition coefficient (Wildman–Crippen LogP) is 3.01. The predicted molar refractivity (Wildman–Crippen MR) is 92.7 cm³/mol. The Morgan fingerprint density at radius 1 is 1.12 bits per heavy atom. The lowest BCUT2D eigenvalue weighted by molar-refractivity contribution is -0.114. The molecule has 0 unspecified atom stereocenters. The van der Waals surface area contributed by atoms with E-state index in [1.165, 1.54) is 6.92 Å². The van der Waals surface area contributed by atoms with Gasteiger partial charge in [-0.2, -0.15) is 0 Å². The largest absolute Gasteiger partial charge is 0.342 e. The van der Waals surface area contributed by atoms with Gasteiger partial charge in [0.2, 0.25) is 5.91 Å². The summed E-state index contributed by atoms with van der Waals surface area (Å²) >= 11 is 0. The van der Waals surface area contributed by atoms with Gasteiger partial charge in [0.25, 0.3) is 5.91 Å². The first kappa shape index (κ1) is 15.7. The molecule has 3 N–H and O–H groups in total. The molecular formula is C18H18N4O2. The van der Waals surface area contributed by atoms with E-state index in [1.807, 2.05) is 31.2 Å². The fraction of sp³-hybridized carbons (Fsp3) is 0.167. The molecule has 3 rings (SSSR count). The molecule has 2 amide bonds. The van der Waals surface area contributed by atoms with Crippen molar-refractivity contribution < 1.29 is 9.59 Å². The molecule has 122 valence electrons. The third-order valence-electron chi connectivity index (χ3n) is 3.61. The van der Waals surface area contributed by atoms with Crippen LogP contribution in [0.2, 0.25) is 0 Å². The van der Waals surface area contributed by atoms with Gasteiger partial charge in [-0.15, -0.1) is 0 Å². The van der Waals surface area contributed by atoms with Crippen LogP contribution >= 0.6 is 0 Å². The number of anilines is 1. The molecule has 6 heteroatoms. The van der Waals surface area contributed by atoms with Gasteiger partial charge in [-0.05, 0) is 37.3 Å². The molecule has 24 heavy (non-hydrogen) atoms. The molecule has 0 saturated heterocycles. The summed E-state index contributed by atoms with van der Waals surface area (Å²) in [5, 5.41) is 5.57. The van der Waals surface area contributed by atoms with Gasteiger partial charge < -0.3 is 15.6 Å². The minimum Gasteiger partial charge on any atom is -0.342 e. The van der Waals surface area contributed by atoms with E-state index in [0.717, 1.165) is 11.0 Å². The van der Waals surface area contributed by atoms with E-state index in [-0.39, 0.29) is 17.9 Å². The Morgan fingerprint density at radius 3 is 2.67 bits per heavy atom. The summed E-state index contributed by atoms with van der Waals surface area (Å²) in [6.45, 7) is 3.30. The van der Waals surface area contributed by atoms with Gasteiger partial charge >= 0.3 is 0 Å². The molecule has 2 aromatic carbocycles. The number of hydrogen-bond acceptors (Lipinski definition) is 3. The molecule has 1 heterocycles. The second-order valence-corrected chi connectivity index (χ2v) is 5.60. The molecule has 6 nitrogen and oxygen atoms in total. The Bertz CT molecular complexity index is 868. The van der Waals surface area contributed by atoms with Crippen LogP contribution in [0.5, 0.6) is 0 Å². The van der Waals surface area contributed by atoms with E-state index in [1.54, 1.807) is 24.3 Å². The highest BCUT2D eigenvalue weighted by Gasteiger charge is 2.15. The van der Waals surface area contributed by atoms with Crippen molar-refractivity contribution in [2.75, 3.05) is 5.32 Å². The first-order chi connectivity index (χ1) is 11.5. The molecule has 0 aliphatic carbocycles. The molecule has 0 aliphatic rings. The van der Waals surface area contributed by atoms with Crippen LogP contribution in [0, 0.1) is 0 Å². The van der Waals surface area contributed by atoms with E-state index in [2.05, 4.69) is 20.6 Å². The first-order valence-electron chi connectivity index (χ1n) is 7.66. The van der Waals surface area contributed by atoms with Gasteiger partial charge in [-0.1, -0.05) is 18.2 Å². The lowest BCUT2D eigenvalue weighted by Gasteiger charge is -2.12. The van der Waals surface area contributed by atoms with E-state index < -0.39 is 0 Å². The minimum absolute atomic E-state index is 0.178. The maximum atomic E-state index is 12.4. The van der Waals surface area contributed by atoms with Crippen molar-refractivity contribution in [2.45, 2.75) is 19.9 Å². The third kappa shape index (κ3) is 3.43. The summed E-state index contributed by atoms with van der Waals surface area (Å²) in [6, 6.07) is 14.2. The number of amides is 2. The second kappa shape index (κ2) is 6.54. The number of carbonyl (C=O) groups is 2. The summed E-state index contributed by atoms with van der Waals surface area (Å²) in [7, 11) is 0. The van der Waals surface area contributed by atoms with Gasteiger partial charge in [-0.25, -0.2) is 4.98 Å². The van der Waals surface area contributed by atoms with Crippen molar-refractivity contribution >= 4 is 28.5 Å². The van der Waals surface area contributed by atoms with Gasteiger partial charge in [0, 0.05) is 18.2 Å². The smallest absolute Gasteiger partial charge is 0.251 e. The Morgan fingerprint density at radius 2 is 1.92 bits per heavy atom. The third-order valence-corrected chi connectivity index (χ3v) is 3.61. The Kier molecular flexibility index (Phi) is 4.29. The van der Waals surface area contributed by atoms with Gasteiger partial charge in [0.1, 0.15) is 5.82 Å². The number of nitrogens with one attached hydrogen (secondary N) is 3. The molecule has 3 aromatic rings. The number of nitrogens with zero attached hydrogens (tertiary/aromatic N) is 1. The summed E-state index contributed by atoms with van der Waals surface area (Å²) < 4.78 is 0. The molecule has 1 atom stereocenters. The number of aromatic amines is 1. The summed E-state index contributed by atoms with van der Waals surface area (Å²) in [5.41, 5.74) is 2.86. The Hall–Kier alpha value is -3.15. The maximum absolute atomic E-state index is 12.4. The SMILES string of the molecule is CC(=O)Nc1cccc(C(=O)N[C@@H](C)c2nc3ccccc3[nH]2)c1. The van der Waals surface area contributed by atoms with Crippen LogP contribution in [-0.4, -0.2) is 21.8 Å². The van der Waals surface area contributed by atoms with Crippen molar-refractivity contribution in [3.8, 4) is 0 Å². The topological polar surface area (TPSA) is 86.9 Å². The van der Waals surface area contributed by atoms with Crippen molar-refractivity contribution in [1.82, 2.24) is 15.3 Å². The number of carbonyl (C=O) groups excluding carboxylic acids is 2. The highest BCUT2D eigenvalue weighted by Crippen LogP contribution is 2.17. The number of benzene rings is 2. The van der Waals surface area contributed by atoms with Gasteiger partial charge in [0.05, 0.1) is 17.1 Å². The number of fused-ring (bicyclic) bond motifs is 1. The minimum atomic E-state index is -0.269. The second-order valence-electron chi connectivity index (χ2n) is 5.60. The number of imidazole rings is 1. The van der Waals surface area contributed by atoms with Crippen LogP contribution in [0.1, 0.15) is 36.1 Å². The zero-order valence-corrected chi connectivity index (χ0v) is 13.5. The number of para-hydroxylation sites is 2. The molecule has 0 aliphatic heterocycles. The van der Waals surface area contributed by atoms with Crippen molar-refractivity contribution in [3.05, 3.63) is 59.9 Å². The number of H-pyrrole nitrogens is 1. The van der Waals surface area contributed by atoms with Gasteiger partial charge in [-0.3, -0.25) is 9.59 Å². The van der Waals surface area contributed by atoms with Crippen LogP contribution in [0.3, 0.4) is 0 Å². The van der Waals surface area contributed by atoms with Crippen LogP contribution < -0.4 is 10.6 Å². The normalized spacial score (nSPS) is 11.9. The van der Waals surface area contributed by atoms with Crippen molar-refractivity contribution in [1.29, 1.82) is 0 Å². The molecule has 0 spiro atoms. The monoisotopic (exact) mass is 322 g/mol. The van der Waals surface area contributed by atoms with Crippen molar-refractivity contribution in [3.63, 3.8) is 0 Å². The Balaban J connectivity index is 1.75. The fourth-order valence-electron chi connectivity index (χ4n) is 2.47. The molecular weight excluding hydrogens is 304 g/mol. The van der Waals surface area contributed by atoms with Crippen LogP contribution in [0.25, 0.3) is 11.0 Å². The number of hydrogen-bond donors (Lipinski definition) is 3. The number of aromatic nitrogens is 2. The first-order valence-corrected chi connectivity index (χ1v) is 7.66. The van der Waals surface area contributed by atoms with Crippen LogP contribution in [0.4, 0.5) is 5.69 Å². The average molecular weight is 322 g/mol. The summed E-state index contributed by atoms with van der Waals surface area (Å²) in [4.78, 5) is 31.2. The highest BCUT2D eigenvalue weighted by molar-refractivity contribution is 5.97. The highest BCUT2D eigenvalue weighted by atomic mass is 16.2. The van der Waals surface area contributed by atoms with Crippen molar-refractivity contribution in [2.24, 2.45) is 0 Å². The van der Waals surface area contributed by atoms with Crippen LogP contribution in [-0.2, 0) is 4.79 Å². The molecule has 0 saturated carbocycles. The fourth-order valence-corrected chi connectivity index (χ4v) is 2.47. The lowest BCUT2D eigenvalue weighted by Crippen LogP contribution is -2.27. The maximum Gasteiger partial charge on any atom is 0.251 e. The molecule has 0 radical (unpaired) electrons. The molecule has 0 bridgehead atoms. The van der Waals surface area contributed by atoms with E-state index in [4.69, 9.17) is 0 Å². The van der Waals surface area contributed by atoms with E-state index in [9.17, 15) is 9.59 Å². The zero-order chi connectivity index (χ0) is 17.1. The average Bonchev–Trinajstić information content (AvgIpc) is 2.98. The molecule has 1 aromatic heterocycles. The Labute approximate surface area is 139 Å². The standard InChI is InChI=1S/C18H18N4O2/c1-11(17-21-15-8-3-4-9-16(15)22-17)19-18(24)13-6-5-7-14(10-13)20-12(2)23/h3-11H,1-2H3,(H,19,24)(H,20,23)(H,21,22)/t11-/m0/s1. The lowest BCUT2D eigenvalue weighted by atomic mass is 10.1. The van der Waals surface area contributed by atoms with Crippen LogP contribution in [0.15, 0.2) is 48.5 Å². The van der Waals surface area contributed by atoms with Gasteiger partial charge in [0.15, 0.2) is 0 Å². The summed E-state index contributed by atoms with van der Waals surface area (Å²) in [6.07, 6.45) is 0. The summed E-state index contributed by atoms with van der Waals surface area (Å²) in [5.74, 6) is 0.293. The quantitative estimate of drug-likeness (QED) is 0.690. The zero-order valence-electron chi connectivity index (χ0n) is 13.5. The van der Waals surface area contributed by atoms with E-state index in [0.29, 0.717) is 17.1 Å².